The number of carboxylic acid groups (broad SMARTS) is 1. The summed E-state index contributed by atoms with van der Waals surface area (Å²) in [5, 5.41) is 8.90. The van der Waals surface area contributed by atoms with Crippen molar-refractivity contribution in [3.63, 3.8) is 0 Å². The van der Waals surface area contributed by atoms with Gasteiger partial charge in [0.15, 0.2) is 0 Å². The highest BCUT2D eigenvalue weighted by Gasteiger charge is 2.29. The minimum absolute atomic E-state index is 0.00139. The van der Waals surface area contributed by atoms with Crippen LogP contribution in [-0.4, -0.2) is 49.6 Å². The Labute approximate surface area is 111 Å². The molecule has 1 aliphatic heterocycles. The van der Waals surface area contributed by atoms with Crippen LogP contribution >= 0.6 is 0 Å². The van der Waals surface area contributed by atoms with Crippen molar-refractivity contribution < 1.29 is 23.1 Å². The van der Waals surface area contributed by atoms with Gasteiger partial charge in [0.25, 0.3) is 0 Å². The highest BCUT2D eigenvalue weighted by Crippen LogP contribution is 2.19. The number of rotatable bonds is 3. The average molecular weight is 285 g/mol. The maximum absolute atomic E-state index is 12.4. The minimum atomic E-state index is -3.66. The van der Waals surface area contributed by atoms with Crippen LogP contribution in [0, 0.1) is 0 Å². The lowest BCUT2D eigenvalue weighted by molar-refractivity contribution is 0.0102. The minimum Gasteiger partial charge on any atom is -0.478 e. The van der Waals surface area contributed by atoms with Gasteiger partial charge in [0.2, 0.25) is 10.0 Å². The number of benzene rings is 1. The summed E-state index contributed by atoms with van der Waals surface area (Å²) in [6.07, 6.45) is -0.161. The number of carbonyl (C=O) groups is 1. The molecule has 1 atom stereocenters. The van der Waals surface area contributed by atoms with E-state index in [4.69, 9.17) is 9.84 Å². The maximum Gasteiger partial charge on any atom is 0.335 e. The lowest BCUT2D eigenvalue weighted by Crippen LogP contribution is -2.44. The van der Waals surface area contributed by atoms with E-state index in [1.54, 1.807) is 6.92 Å². The van der Waals surface area contributed by atoms with Gasteiger partial charge in [-0.2, -0.15) is 4.31 Å². The Hall–Kier alpha value is -1.44. The predicted octanol–water partition coefficient (Wildman–Crippen LogP) is 0.794. The van der Waals surface area contributed by atoms with Crippen molar-refractivity contribution in [2.75, 3.05) is 19.7 Å². The van der Waals surface area contributed by atoms with Gasteiger partial charge < -0.3 is 9.84 Å². The molecule has 0 aromatic heterocycles. The highest BCUT2D eigenvalue weighted by atomic mass is 32.2. The number of sulfonamides is 1. The second-order valence-corrected chi connectivity index (χ2v) is 6.32. The maximum atomic E-state index is 12.4. The van der Waals surface area contributed by atoms with Crippen molar-refractivity contribution in [2.24, 2.45) is 0 Å². The number of nitrogens with zero attached hydrogens (tertiary/aromatic N) is 1. The highest BCUT2D eigenvalue weighted by molar-refractivity contribution is 7.89. The third-order valence-electron chi connectivity index (χ3n) is 2.92. The first-order valence-electron chi connectivity index (χ1n) is 5.86. The molecule has 0 radical (unpaired) electrons. The summed E-state index contributed by atoms with van der Waals surface area (Å²) in [6.45, 7) is 2.71. The largest absolute Gasteiger partial charge is 0.478 e. The third-order valence-corrected chi connectivity index (χ3v) is 4.78. The van der Waals surface area contributed by atoms with Crippen molar-refractivity contribution in [1.82, 2.24) is 4.31 Å². The van der Waals surface area contributed by atoms with Gasteiger partial charge in [0, 0.05) is 13.1 Å². The SMILES string of the molecule is CC1CN(S(=O)(=O)c2cccc(C(=O)O)c2)CCO1. The monoisotopic (exact) mass is 285 g/mol. The molecule has 1 aromatic carbocycles. The summed E-state index contributed by atoms with van der Waals surface area (Å²) in [7, 11) is -3.66. The number of hydrogen-bond donors (Lipinski definition) is 1. The van der Waals surface area contributed by atoms with Gasteiger partial charge in [-0.15, -0.1) is 0 Å². The second-order valence-electron chi connectivity index (χ2n) is 4.38. The number of morpholine rings is 1. The van der Waals surface area contributed by atoms with Crippen LogP contribution in [0.5, 0.6) is 0 Å². The van der Waals surface area contributed by atoms with Gasteiger partial charge >= 0.3 is 5.97 Å². The first kappa shape index (κ1) is 14.0. The predicted molar refractivity (Wildman–Crippen MR) is 67.6 cm³/mol. The Bertz CT molecular complexity index is 584. The van der Waals surface area contributed by atoms with Crippen LogP contribution in [0.2, 0.25) is 0 Å². The molecule has 1 aliphatic rings. The first-order valence-corrected chi connectivity index (χ1v) is 7.30. The summed E-state index contributed by atoms with van der Waals surface area (Å²) < 4.78 is 31.4. The Morgan fingerprint density at radius 3 is 2.84 bits per heavy atom. The Morgan fingerprint density at radius 1 is 1.47 bits per heavy atom. The van der Waals surface area contributed by atoms with Crippen molar-refractivity contribution >= 4 is 16.0 Å². The average Bonchev–Trinajstić information content (AvgIpc) is 2.39. The molecular weight excluding hydrogens is 270 g/mol. The van der Waals surface area contributed by atoms with Gasteiger partial charge in [-0.05, 0) is 25.1 Å². The Kier molecular flexibility index (Phi) is 3.88. The first-order chi connectivity index (χ1) is 8.91. The van der Waals surface area contributed by atoms with Gasteiger partial charge in [-0.3, -0.25) is 0 Å². The molecule has 2 rings (SSSR count). The lowest BCUT2D eigenvalue weighted by Gasteiger charge is -2.30. The van der Waals surface area contributed by atoms with Crippen LogP contribution in [0.1, 0.15) is 17.3 Å². The smallest absolute Gasteiger partial charge is 0.335 e. The zero-order valence-electron chi connectivity index (χ0n) is 10.4. The van der Waals surface area contributed by atoms with E-state index in [1.165, 1.54) is 28.6 Å². The molecule has 1 N–H and O–H groups in total. The molecule has 6 nitrogen and oxygen atoms in total. The lowest BCUT2D eigenvalue weighted by atomic mass is 10.2. The zero-order chi connectivity index (χ0) is 14.0. The molecule has 104 valence electrons. The molecular formula is C12H15NO5S. The van der Waals surface area contributed by atoms with Crippen LogP contribution in [0.3, 0.4) is 0 Å². The number of carboxylic acids is 1. The quantitative estimate of drug-likeness (QED) is 0.887. The van der Waals surface area contributed by atoms with E-state index in [2.05, 4.69) is 0 Å². The second kappa shape index (κ2) is 5.28. The van der Waals surface area contributed by atoms with E-state index < -0.39 is 16.0 Å². The fourth-order valence-electron chi connectivity index (χ4n) is 1.94. The van der Waals surface area contributed by atoms with Crippen molar-refractivity contribution in [3.8, 4) is 0 Å². The van der Waals surface area contributed by atoms with E-state index in [9.17, 15) is 13.2 Å². The number of ether oxygens (including phenoxy) is 1. The summed E-state index contributed by atoms with van der Waals surface area (Å²) in [5.74, 6) is -1.15. The topological polar surface area (TPSA) is 83.9 Å². The van der Waals surface area contributed by atoms with Crippen molar-refractivity contribution in [3.05, 3.63) is 29.8 Å². The summed E-state index contributed by atoms with van der Waals surface area (Å²) in [5.41, 5.74) is -0.0395. The van der Waals surface area contributed by atoms with Gasteiger partial charge in [-0.1, -0.05) is 6.07 Å². The van der Waals surface area contributed by atoms with Gasteiger partial charge in [0.1, 0.15) is 0 Å². The van der Waals surface area contributed by atoms with E-state index in [0.717, 1.165) is 0 Å². The molecule has 1 fully saturated rings. The molecule has 0 amide bonds. The van der Waals surface area contributed by atoms with Gasteiger partial charge in [0.05, 0.1) is 23.2 Å². The van der Waals surface area contributed by atoms with Crippen LogP contribution < -0.4 is 0 Å². The number of aromatic carboxylic acids is 1. The molecule has 1 aromatic rings. The summed E-state index contributed by atoms with van der Waals surface area (Å²) >= 11 is 0. The van der Waals surface area contributed by atoms with Crippen LogP contribution in [0.15, 0.2) is 29.2 Å². The Morgan fingerprint density at radius 2 is 2.21 bits per heavy atom. The Balaban J connectivity index is 2.33. The van der Waals surface area contributed by atoms with Crippen LogP contribution in [0.4, 0.5) is 0 Å². The normalized spacial score (nSPS) is 21.2. The molecule has 0 spiro atoms. The molecule has 1 heterocycles. The number of hydrogen-bond acceptors (Lipinski definition) is 4. The zero-order valence-corrected chi connectivity index (χ0v) is 11.3. The van der Waals surface area contributed by atoms with Crippen molar-refractivity contribution in [1.29, 1.82) is 0 Å². The molecule has 19 heavy (non-hydrogen) atoms. The molecule has 0 bridgehead atoms. The molecule has 0 saturated carbocycles. The fraction of sp³-hybridized carbons (Fsp3) is 0.417. The fourth-order valence-corrected chi connectivity index (χ4v) is 3.49. The van der Waals surface area contributed by atoms with E-state index in [-0.39, 0.29) is 29.7 Å². The summed E-state index contributed by atoms with van der Waals surface area (Å²) in [6, 6.07) is 5.38. The standard InChI is InChI=1S/C12H15NO5S/c1-9-8-13(5-6-18-9)19(16,17)11-4-2-3-10(7-11)12(14)15/h2-4,7,9H,5-6,8H2,1H3,(H,14,15). The summed E-state index contributed by atoms with van der Waals surface area (Å²) in [4.78, 5) is 10.9. The van der Waals surface area contributed by atoms with Crippen molar-refractivity contribution in [2.45, 2.75) is 17.9 Å². The van der Waals surface area contributed by atoms with Gasteiger partial charge in [-0.25, -0.2) is 13.2 Å². The van der Waals surface area contributed by atoms with E-state index in [0.29, 0.717) is 6.61 Å². The van der Waals surface area contributed by atoms with Crippen LogP contribution in [-0.2, 0) is 14.8 Å². The van der Waals surface area contributed by atoms with E-state index in [1.807, 2.05) is 0 Å². The molecule has 7 heteroatoms. The van der Waals surface area contributed by atoms with Crippen LogP contribution in [0.25, 0.3) is 0 Å². The third kappa shape index (κ3) is 2.94. The molecule has 0 aliphatic carbocycles. The molecule has 1 unspecified atom stereocenters. The van der Waals surface area contributed by atoms with E-state index >= 15 is 0 Å². The molecule has 1 saturated heterocycles.